The van der Waals surface area contributed by atoms with Crippen LogP contribution < -0.4 is 4.74 Å². The standard InChI is InChI=1S/C24H35FN2O5S/c1-24(2,3)32-23(28)27-12-11-26(20-14-21(20)27)17-7-5-16(6-8-17)15-31-22-10-9-18(13-19(22)25)33(4,29)30/h9-10,13,16-17,20-21H,5-8,11-12,14-15H2,1-4H3/t16?,17?,20-,21-/m1/s1. The number of benzene rings is 1. The molecule has 7 nitrogen and oxygen atoms in total. The Balaban J connectivity index is 1.23. The number of nitrogens with zero attached hydrogens (tertiary/aromatic N) is 2. The van der Waals surface area contributed by atoms with Gasteiger partial charge in [-0.05, 0) is 77.0 Å². The molecular formula is C24H35FN2O5S. The zero-order valence-electron chi connectivity index (χ0n) is 19.9. The molecule has 0 spiro atoms. The first kappa shape index (κ1) is 24.3. The van der Waals surface area contributed by atoms with Gasteiger partial charge in [0.1, 0.15) is 5.60 Å². The number of carbonyl (C=O) groups is 1. The molecule has 184 valence electrons. The predicted molar refractivity (Wildman–Crippen MR) is 123 cm³/mol. The van der Waals surface area contributed by atoms with Crippen molar-refractivity contribution < 1.29 is 27.1 Å². The third-order valence-corrected chi connectivity index (χ3v) is 7.98. The van der Waals surface area contributed by atoms with E-state index in [2.05, 4.69) is 4.90 Å². The molecule has 1 aliphatic heterocycles. The van der Waals surface area contributed by atoms with Crippen molar-refractivity contribution in [2.45, 2.75) is 81.5 Å². The Bertz CT molecular complexity index is 985. The molecule has 0 N–H and O–H groups in total. The SMILES string of the molecule is CC(C)(C)OC(=O)N1CCN(C2CCC(COc3ccc(S(C)(=O)=O)cc3F)CC2)[C@@H]2C[C@H]21. The molecule has 0 aromatic heterocycles. The average Bonchev–Trinajstić information content (AvgIpc) is 3.51. The van der Waals surface area contributed by atoms with Gasteiger partial charge >= 0.3 is 6.09 Å². The summed E-state index contributed by atoms with van der Waals surface area (Å²) in [5.41, 5.74) is -0.474. The van der Waals surface area contributed by atoms with Crippen molar-refractivity contribution in [3.05, 3.63) is 24.0 Å². The second-order valence-corrected chi connectivity index (χ2v) is 12.6. The lowest BCUT2D eigenvalue weighted by Gasteiger charge is -2.41. The smallest absolute Gasteiger partial charge is 0.410 e. The molecule has 1 amide bonds. The number of piperazine rings is 1. The van der Waals surface area contributed by atoms with Crippen LogP contribution in [0.2, 0.25) is 0 Å². The molecule has 2 atom stereocenters. The Morgan fingerprint density at radius 1 is 1.12 bits per heavy atom. The van der Waals surface area contributed by atoms with Crippen molar-refractivity contribution in [3.8, 4) is 5.75 Å². The topological polar surface area (TPSA) is 76.2 Å². The second kappa shape index (κ2) is 9.06. The van der Waals surface area contributed by atoms with Crippen molar-refractivity contribution in [3.63, 3.8) is 0 Å². The Labute approximate surface area is 196 Å². The van der Waals surface area contributed by atoms with E-state index >= 15 is 0 Å². The van der Waals surface area contributed by atoms with Gasteiger partial charge in [-0.25, -0.2) is 17.6 Å². The van der Waals surface area contributed by atoms with E-state index in [1.54, 1.807) is 0 Å². The van der Waals surface area contributed by atoms with Gasteiger partial charge in [-0.1, -0.05) is 0 Å². The fourth-order valence-corrected chi connectivity index (χ4v) is 5.73. The van der Waals surface area contributed by atoms with Crippen LogP contribution in [0, 0.1) is 11.7 Å². The lowest BCUT2D eigenvalue weighted by Crippen LogP contribution is -2.53. The van der Waals surface area contributed by atoms with Gasteiger partial charge in [-0.3, -0.25) is 4.90 Å². The van der Waals surface area contributed by atoms with E-state index in [1.165, 1.54) is 12.1 Å². The number of halogens is 1. The van der Waals surface area contributed by atoms with Gasteiger partial charge in [-0.2, -0.15) is 0 Å². The minimum atomic E-state index is -3.44. The normalized spacial score (nSPS) is 28.2. The minimum absolute atomic E-state index is 0.0435. The summed E-state index contributed by atoms with van der Waals surface area (Å²) in [5, 5.41) is 0. The molecule has 2 saturated carbocycles. The fraction of sp³-hybridized carbons (Fsp3) is 0.708. The van der Waals surface area contributed by atoms with E-state index in [0.29, 0.717) is 31.2 Å². The van der Waals surface area contributed by atoms with Gasteiger partial charge in [0.2, 0.25) is 0 Å². The number of fused-ring (bicyclic) bond motifs is 1. The summed E-state index contributed by atoms with van der Waals surface area (Å²) in [6.45, 7) is 7.71. The number of hydrogen-bond acceptors (Lipinski definition) is 6. The van der Waals surface area contributed by atoms with Crippen LogP contribution in [0.3, 0.4) is 0 Å². The van der Waals surface area contributed by atoms with Crippen molar-refractivity contribution in [2.24, 2.45) is 5.92 Å². The molecule has 0 unspecified atom stereocenters. The highest BCUT2D eigenvalue weighted by Gasteiger charge is 2.53. The van der Waals surface area contributed by atoms with E-state index in [1.807, 2.05) is 25.7 Å². The summed E-state index contributed by atoms with van der Waals surface area (Å²) in [4.78, 5) is 16.9. The molecule has 2 aliphatic carbocycles. The summed E-state index contributed by atoms with van der Waals surface area (Å²) >= 11 is 0. The summed E-state index contributed by atoms with van der Waals surface area (Å²) in [5.74, 6) is -0.189. The molecule has 9 heteroatoms. The molecule has 0 bridgehead atoms. The zero-order chi connectivity index (χ0) is 24.0. The van der Waals surface area contributed by atoms with Crippen molar-refractivity contribution in [1.29, 1.82) is 0 Å². The van der Waals surface area contributed by atoms with E-state index in [0.717, 1.165) is 51.0 Å². The lowest BCUT2D eigenvalue weighted by molar-refractivity contribution is 0.00528. The number of ether oxygens (including phenoxy) is 2. The first-order chi connectivity index (χ1) is 15.4. The summed E-state index contributed by atoms with van der Waals surface area (Å²) < 4.78 is 48.6. The number of amides is 1. The number of sulfone groups is 1. The van der Waals surface area contributed by atoms with Gasteiger partial charge in [0.25, 0.3) is 0 Å². The summed E-state index contributed by atoms with van der Waals surface area (Å²) in [6.07, 6.45) is 6.03. The van der Waals surface area contributed by atoms with Gasteiger partial charge in [0, 0.05) is 31.4 Å². The monoisotopic (exact) mass is 482 g/mol. The van der Waals surface area contributed by atoms with Crippen LogP contribution in [-0.4, -0.2) is 74.0 Å². The maximum absolute atomic E-state index is 14.2. The van der Waals surface area contributed by atoms with Crippen LogP contribution >= 0.6 is 0 Å². The molecule has 3 aliphatic rings. The highest BCUT2D eigenvalue weighted by atomic mass is 32.2. The van der Waals surface area contributed by atoms with Gasteiger partial charge in [0.05, 0.1) is 17.5 Å². The molecule has 3 fully saturated rings. The van der Waals surface area contributed by atoms with E-state index in [-0.39, 0.29) is 22.8 Å². The van der Waals surface area contributed by atoms with Crippen LogP contribution in [0.15, 0.2) is 23.1 Å². The minimum Gasteiger partial charge on any atom is -0.490 e. The van der Waals surface area contributed by atoms with Crippen molar-refractivity contribution in [2.75, 3.05) is 26.0 Å². The highest BCUT2D eigenvalue weighted by Crippen LogP contribution is 2.41. The Morgan fingerprint density at radius 3 is 2.42 bits per heavy atom. The van der Waals surface area contributed by atoms with E-state index in [9.17, 15) is 17.6 Å². The Hall–Kier alpha value is -1.87. The van der Waals surface area contributed by atoms with Gasteiger partial charge in [-0.15, -0.1) is 0 Å². The molecule has 4 rings (SSSR count). The summed E-state index contributed by atoms with van der Waals surface area (Å²) in [6, 6.07) is 5.02. The van der Waals surface area contributed by atoms with E-state index < -0.39 is 21.3 Å². The third kappa shape index (κ3) is 5.80. The van der Waals surface area contributed by atoms with E-state index in [4.69, 9.17) is 9.47 Å². The predicted octanol–water partition coefficient (Wildman–Crippen LogP) is 3.86. The molecule has 1 aromatic carbocycles. The first-order valence-corrected chi connectivity index (χ1v) is 13.7. The Kier molecular flexibility index (Phi) is 6.66. The highest BCUT2D eigenvalue weighted by molar-refractivity contribution is 7.90. The number of carbonyl (C=O) groups excluding carboxylic acids is 1. The van der Waals surface area contributed by atoms with Crippen molar-refractivity contribution >= 4 is 15.9 Å². The third-order valence-electron chi connectivity index (χ3n) is 6.87. The second-order valence-electron chi connectivity index (χ2n) is 10.6. The van der Waals surface area contributed by atoms with Crippen molar-refractivity contribution in [1.82, 2.24) is 9.80 Å². The van der Waals surface area contributed by atoms with Crippen LogP contribution in [0.25, 0.3) is 0 Å². The molecule has 1 aromatic rings. The zero-order valence-corrected chi connectivity index (χ0v) is 20.7. The number of rotatable bonds is 5. The van der Waals surface area contributed by atoms with Crippen LogP contribution in [0.1, 0.15) is 52.9 Å². The lowest BCUT2D eigenvalue weighted by atomic mass is 9.85. The number of hydrogen-bond donors (Lipinski definition) is 0. The Morgan fingerprint density at radius 2 is 1.82 bits per heavy atom. The average molecular weight is 483 g/mol. The maximum Gasteiger partial charge on any atom is 0.410 e. The molecule has 1 saturated heterocycles. The molecule has 1 heterocycles. The quantitative estimate of drug-likeness (QED) is 0.634. The molecule has 33 heavy (non-hydrogen) atoms. The van der Waals surface area contributed by atoms with Gasteiger partial charge < -0.3 is 14.4 Å². The van der Waals surface area contributed by atoms with Crippen LogP contribution in [0.4, 0.5) is 9.18 Å². The maximum atomic E-state index is 14.2. The summed E-state index contributed by atoms with van der Waals surface area (Å²) in [7, 11) is -3.44. The van der Waals surface area contributed by atoms with Crippen LogP contribution in [0.5, 0.6) is 5.75 Å². The largest absolute Gasteiger partial charge is 0.490 e. The fourth-order valence-electron chi connectivity index (χ4n) is 5.10. The molecule has 0 radical (unpaired) electrons. The molecular weight excluding hydrogens is 447 g/mol. The first-order valence-electron chi connectivity index (χ1n) is 11.8. The van der Waals surface area contributed by atoms with Crippen LogP contribution in [-0.2, 0) is 14.6 Å². The van der Waals surface area contributed by atoms with Gasteiger partial charge in [0.15, 0.2) is 21.4 Å².